The van der Waals surface area contributed by atoms with Crippen LogP contribution < -0.4 is 10.6 Å². The Labute approximate surface area is 149 Å². The third-order valence-corrected chi connectivity index (χ3v) is 5.20. The van der Waals surface area contributed by atoms with Gasteiger partial charge in [0.15, 0.2) is 0 Å². The van der Waals surface area contributed by atoms with Gasteiger partial charge in [0.25, 0.3) is 11.8 Å². The summed E-state index contributed by atoms with van der Waals surface area (Å²) in [5.74, 6) is 0.256. The molecule has 0 atom stereocenters. The SMILES string of the molecule is O=C1NC(=O)c2ccc(NCCSc3ccccc3)c3cccc1c23. The highest BCUT2D eigenvalue weighted by Gasteiger charge is 2.25. The van der Waals surface area contributed by atoms with Crippen molar-refractivity contribution >= 4 is 40.0 Å². The molecule has 2 amide bonds. The normalized spacial score (nSPS) is 13.0. The van der Waals surface area contributed by atoms with Gasteiger partial charge < -0.3 is 5.32 Å². The van der Waals surface area contributed by atoms with Crippen molar-refractivity contribution in [3.63, 3.8) is 0 Å². The fraction of sp³-hybridized carbons (Fsp3) is 0.100. The molecule has 3 aromatic carbocycles. The summed E-state index contributed by atoms with van der Waals surface area (Å²) in [6.45, 7) is 0.790. The van der Waals surface area contributed by atoms with E-state index in [9.17, 15) is 9.59 Å². The van der Waals surface area contributed by atoms with Gasteiger partial charge in [0.05, 0.1) is 0 Å². The zero-order valence-corrected chi connectivity index (χ0v) is 14.2. The van der Waals surface area contributed by atoms with Gasteiger partial charge >= 0.3 is 0 Å². The maximum atomic E-state index is 12.1. The Hall–Kier alpha value is -2.79. The van der Waals surface area contributed by atoms with Crippen LogP contribution in [0.4, 0.5) is 5.69 Å². The van der Waals surface area contributed by atoms with Gasteiger partial charge in [-0.15, -0.1) is 11.8 Å². The van der Waals surface area contributed by atoms with E-state index in [0.717, 1.165) is 28.8 Å². The zero-order valence-electron chi connectivity index (χ0n) is 13.4. The number of anilines is 1. The summed E-state index contributed by atoms with van der Waals surface area (Å²) >= 11 is 1.79. The topological polar surface area (TPSA) is 58.2 Å². The molecular formula is C20H16N2O2S. The van der Waals surface area contributed by atoms with Crippen molar-refractivity contribution < 1.29 is 9.59 Å². The van der Waals surface area contributed by atoms with Gasteiger partial charge in [-0.3, -0.25) is 14.9 Å². The molecule has 0 bridgehead atoms. The number of nitrogens with one attached hydrogen (secondary N) is 2. The summed E-state index contributed by atoms with van der Waals surface area (Å²) in [6.07, 6.45) is 0. The summed E-state index contributed by atoms with van der Waals surface area (Å²) in [5, 5.41) is 7.45. The van der Waals surface area contributed by atoms with E-state index in [1.54, 1.807) is 23.9 Å². The smallest absolute Gasteiger partial charge is 0.258 e. The fourth-order valence-corrected chi connectivity index (χ4v) is 3.84. The molecule has 5 heteroatoms. The van der Waals surface area contributed by atoms with Crippen LogP contribution in [0.15, 0.2) is 65.6 Å². The Morgan fingerprint density at radius 1 is 0.840 bits per heavy atom. The quantitative estimate of drug-likeness (QED) is 0.417. The summed E-state index contributed by atoms with van der Waals surface area (Å²) in [5.41, 5.74) is 2.04. The lowest BCUT2D eigenvalue weighted by Crippen LogP contribution is -2.34. The number of imide groups is 1. The van der Waals surface area contributed by atoms with E-state index in [1.807, 2.05) is 36.4 Å². The Balaban J connectivity index is 1.56. The molecule has 0 aromatic heterocycles. The molecule has 0 spiro atoms. The number of hydrogen-bond acceptors (Lipinski definition) is 4. The molecule has 1 aliphatic heterocycles. The Morgan fingerprint density at radius 3 is 2.40 bits per heavy atom. The van der Waals surface area contributed by atoms with Gasteiger partial charge in [0.1, 0.15) is 0 Å². The first-order valence-corrected chi connectivity index (χ1v) is 9.06. The molecule has 25 heavy (non-hydrogen) atoms. The van der Waals surface area contributed by atoms with E-state index in [0.29, 0.717) is 11.1 Å². The lowest BCUT2D eigenvalue weighted by atomic mass is 9.94. The van der Waals surface area contributed by atoms with Gasteiger partial charge in [-0.1, -0.05) is 30.3 Å². The van der Waals surface area contributed by atoms with E-state index in [-0.39, 0.29) is 11.8 Å². The number of hydrogen-bond donors (Lipinski definition) is 2. The molecular weight excluding hydrogens is 332 g/mol. The predicted octanol–water partition coefficient (Wildman–Crippen LogP) is 3.93. The summed E-state index contributed by atoms with van der Waals surface area (Å²) in [6, 6.07) is 19.5. The fourth-order valence-electron chi connectivity index (χ4n) is 3.05. The molecule has 1 aliphatic rings. The summed E-state index contributed by atoms with van der Waals surface area (Å²) < 4.78 is 0. The van der Waals surface area contributed by atoms with E-state index in [1.165, 1.54) is 4.90 Å². The van der Waals surface area contributed by atoms with Crippen LogP contribution in [0.5, 0.6) is 0 Å². The van der Waals surface area contributed by atoms with Crippen molar-refractivity contribution in [3.8, 4) is 0 Å². The standard InChI is InChI=1S/C20H16N2O2S/c23-19-15-8-4-7-14-17(10-9-16(18(14)15)20(24)22-19)21-11-12-25-13-5-2-1-3-6-13/h1-10,21H,11-12H2,(H,22,23,24). The number of rotatable bonds is 5. The average Bonchev–Trinajstić information content (AvgIpc) is 2.64. The average molecular weight is 348 g/mol. The molecule has 2 N–H and O–H groups in total. The first kappa shape index (κ1) is 15.7. The van der Waals surface area contributed by atoms with Crippen LogP contribution in [-0.4, -0.2) is 24.1 Å². The van der Waals surface area contributed by atoms with Crippen LogP contribution in [0.3, 0.4) is 0 Å². The van der Waals surface area contributed by atoms with Crippen LogP contribution in [0.2, 0.25) is 0 Å². The van der Waals surface area contributed by atoms with Gasteiger partial charge in [-0.05, 0) is 30.3 Å². The molecule has 0 unspecified atom stereocenters. The molecule has 0 saturated carbocycles. The first-order valence-electron chi connectivity index (χ1n) is 8.07. The van der Waals surface area contributed by atoms with Gasteiger partial charge in [-0.25, -0.2) is 0 Å². The van der Waals surface area contributed by atoms with Crippen molar-refractivity contribution in [3.05, 3.63) is 71.8 Å². The minimum atomic E-state index is -0.333. The van der Waals surface area contributed by atoms with Gasteiger partial charge in [0.2, 0.25) is 0 Å². The lowest BCUT2D eigenvalue weighted by Gasteiger charge is -2.19. The molecule has 0 fully saturated rings. The number of carbonyl (C=O) groups is 2. The second-order valence-corrected chi connectivity index (χ2v) is 6.93. The molecule has 0 aliphatic carbocycles. The Bertz CT molecular complexity index is 950. The van der Waals surface area contributed by atoms with Crippen LogP contribution in [0.25, 0.3) is 10.8 Å². The molecule has 0 radical (unpaired) electrons. The highest BCUT2D eigenvalue weighted by molar-refractivity contribution is 7.99. The minimum absolute atomic E-state index is 0.333. The van der Waals surface area contributed by atoms with Crippen LogP contribution in [0.1, 0.15) is 20.7 Å². The van der Waals surface area contributed by atoms with Crippen molar-refractivity contribution in [2.24, 2.45) is 0 Å². The van der Waals surface area contributed by atoms with Crippen LogP contribution in [-0.2, 0) is 0 Å². The highest BCUT2D eigenvalue weighted by Crippen LogP contribution is 2.32. The largest absolute Gasteiger partial charge is 0.384 e. The second-order valence-electron chi connectivity index (χ2n) is 5.76. The molecule has 3 aromatic rings. The summed E-state index contributed by atoms with van der Waals surface area (Å²) in [4.78, 5) is 25.3. The second kappa shape index (κ2) is 6.61. The van der Waals surface area contributed by atoms with E-state index < -0.39 is 0 Å². The third-order valence-electron chi connectivity index (χ3n) is 4.19. The van der Waals surface area contributed by atoms with E-state index in [4.69, 9.17) is 0 Å². The van der Waals surface area contributed by atoms with Crippen molar-refractivity contribution in [2.45, 2.75) is 4.90 Å². The molecule has 0 saturated heterocycles. The van der Waals surface area contributed by atoms with E-state index >= 15 is 0 Å². The minimum Gasteiger partial charge on any atom is -0.384 e. The molecule has 4 nitrogen and oxygen atoms in total. The number of amides is 2. The highest BCUT2D eigenvalue weighted by atomic mass is 32.2. The van der Waals surface area contributed by atoms with E-state index in [2.05, 4.69) is 22.8 Å². The molecule has 124 valence electrons. The van der Waals surface area contributed by atoms with Crippen LogP contribution in [0, 0.1) is 0 Å². The maximum Gasteiger partial charge on any atom is 0.258 e. The Morgan fingerprint density at radius 2 is 1.60 bits per heavy atom. The van der Waals surface area contributed by atoms with Gasteiger partial charge in [-0.2, -0.15) is 0 Å². The molecule has 1 heterocycles. The molecule has 4 rings (SSSR count). The Kier molecular flexibility index (Phi) is 4.15. The number of carbonyl (C=O) groups excluding carboxylic acids is 2. The number of benzene rings is 3. The van der Waals surface area contributed by atoms with Crippen molar-refractivity contribution in [1.29, 1.82) is 0 Å². The van der Waals surface area contributed by atoms with Crippen LogP contribution >= 0.6 is 11.8 Å². The van der Waals surface area contributed by atoms with Crippen molar-refractivity contribution in [2.75, 3.05) is 17.6 Å². The monoisotopic (exact) mass is 348 g/mol. The van der Waals surface area contributed by atoms with Gasteiger partial charge in [0, 0.05) is 44.8 Å². The maximum absolute atomic E-state index is 12.1. The third kappa shape index (κ3) is 2.98. The summed E-state index contributed by atoms with van der Waals surface area (Å²) in [7, 11) is 0. The first-order chi connectivity index (χ1) is 12.2. The zero-order chi connectivity index (χ0) is 17.2. The lowest BCUT2D eigenvalue weighted by molar-refractivity contribution is 0.0845. The number of thioether (sulfide) groups is 1. The predicted molar refractivity (Wildman–Crippen MR) is 101 cm³/mol. The van der Waals surface area contributed by atoms with Crippen molar-refractivity contribution in [1.82, 2.24) is 5.32 Å².